The number of carbonyl (C=O) groups excluding carboxylic acids is 1. The van der Waals surface area contributed by atoms with E-state index >= 15 is 0 Å². The van der Waals surface area contributed by atoms with E-state index in [0.29, 0.717) is 25.6 Å². The third-order valence-corrected chi connectivity index (χ3v) is 3.53. The molecule has 1 aliphatic rings. The molecule has 3 N–H and O–H groups in total. The normalized spacial score (nSPS) is 29.5. The lowest BCUT2D eigenvalue weighted by molar-refractivity contribution is -0.138. The lowest BCUT2D eigenvalue weighted by Crippen LogP contribution is -2.54. The summed E-state index contributed by atoms with van der Waals surface area (Å²) in [4.78, 5) is 12.1. The number of rotatable bonds is 7. The van der Waals surface area contributed by atoms with E-state index in [4.69, 9.17) is 15.2 Å². The van der Waals surface area contributed by atoms with Crippen molar-refractivity contribution in [2.24, 2.45) is 17.1 Å². The van der Waals surface area contributed by atoms with E-state index in [-0.39, 0.29) is 17.4 Å². The molecule has 1 aliphatic carbocycles. The van der Waals surface area contributed by atoms with Crippen LogP contribution >= 0.6 is 0 Å². The standard InChI is InChI=1S/C12H24N2O3/c1-9-4-12(5-9,8-13)11(15)14-6-10(17-3)7-16-2/h9-10H,4-8,13H2,1-3H3,(H,14,15). The number of hydrogen-bond acceptors (Lipinski definition) is 4. The molecule has 5 heteroatoms. The summed E-state index contributed by atoms with van der Waals surface area (Å²) in [5.74, 6) is 0.651. The van der Waals surface area contributed by atoms with Gasteiger partial charge in [-0.2, -0.15) is 0 Å². The number of nitrogens with one attached hydrogen (secondary N) is 1. The quantitative estimate of drug-likeness (QED) is 0.668. The molecule has 1 saturated carbocycles. The first-order valence-corrected chi connectivity index (χ1v) is 6.08. The first-order valence-electron chi connectivity index (χ1n) is 6.08. The Bertz CT molecular complexity index is 252. The van der Waals surface area contributed by atoms with Gasteiger partial charge in [-0.1, -0.05) is 6.92 Å². The highest BCUT2D eigenvalue weighted by Gasteiger charge is 2.47. The molecule has 0 spiro atoms. The Balaban J connectivity index is 2.38. The first kappa shape index (κ1) is 14.4. The molecule has 0 aromatic rings. The molecular formula is C12H24N2O3. The second-order valence-corrected chi connectivity index (χ2v) is 5.02. The zero-order chi connectivity index (χ0) is 12.9. The number of methoxy groups -OCH3 is 2. The molecule has 0 aliphatic heterocycles. The van der Waals surface area contributed by atoms with Gasteiger partial charge < -0.3 is 20.5 Å². The van der Waals surface area contributed by atoms with Crippen LogP contribution in [0.1, 0.15) is 19.8 Å². The molecule has 0 bridgehead atoms. The smallest absolute Gasteiger partial charge is 0.227 e. The Hall–Kier alpha value is -0.650. The Morgan fingerprint density at radius 3 is 2.59 bits per heavy atom. The van der Waals surface area contributed by atoms with Gasteiger partial charge in [0, 0.05) is 27.3 Å². The lowest BCUT2D eigenvalue weighted by Gasteiger charge is -2.44. The second kappa shape index (κ2) is 6.33. The molecule has 1 unspecified atom stereocenters. The van der Waals surface area contributed by atoms with Crippen molar-refractivity contribution < 1.29 is 14.3 Å². The maximum absolute atomic E-state index is 12.1. The van der Waals surface area contributed by atoms with Gasteiger partial charge in [-0.3, -0.25) is 4.79 Å². The molecule has 0 aromatic heterocycles. The van der Waals surface area contributed by atoms with Crippen molar-refractivity contribution in [1.29, 1.82) is 0 Å². The minimum absolute atomic E-state index is 0.0521. The van der Waals surface area contributed by atoms with Crippen LogP contribution < -0.4 is 11.1 Å². The minimum Gasteiger partial charge on any atom is -0.382 e. The number of carbonyl (C=O) groups is 1. The van der Waals surface area contributed by atoms with Gasteiger partial charge in [0.15, 0.2) is 0 Å². The van der Waals surface area contributed by atoms with Crippen LogP contribution in [0.5, 0.6) is 0 Å². The van der Waals surface area contributed by atoms with Gasteiger partial charge in [-0.15, -0.1) is 0 Å². The Morgan fingerprint density at radius 2 is 2.18 bits per heavy atom. The summed E-state index contributed by atoms with van der Waals surface area (Å²) in [7, 11) is 3.22. The van der Waals surface area contributed by atoms with Gasteiger partial charge in [-0.25, -0.2) is 0 Å². The van der Waals surface area contributed by atoms with Crippen LogP contribution in [0.15, 0.2) is 0 Å². The van der Waals surface area contributed by atoms with E-state index in [9.17, 15) is 4.79 Å². The number of ether oxygens (including phenoxy) is 2. The molecule has 1 rings (SSSR count). The minimum atomic E-state index is -0.342. The molecular weight excluding hydrogens is 220 g/mol. The predicted molar refractivity (Wildman–Crippen MR) is 65.6 cm³/mol. The summed E-state index contributed by atoms with van der Waals surface area (Å²) >= 11 is 0. The monoisotopic (exact) mass is 244 g/mol. The second-order valence-electron chi connectivity index (χ2n) is 5.02. The average molecular weight is 244 g/mol. The van der Waals surface area contributed by atoms with Crippen molar-refractivity contribution in [3.8, 4) is 0 Å². The van der Waals surface area contributed by atoms with Crippen molar-refractivity contribution in [2.45, 2.75) is 25.9 Å². The molecule has 1 amide bonds. The third-order valence-electron chi connectivity index (χ3n) is 3.53. The van der Waals surface area contributed by atoms with Gasteiger partial charge in [0.25, 0.3) is 0 Å². The van der Waals surface area contributed by atoms with Gasteiger partial charge in [0.1, 0.15) is 0 Å². The highest BCUT2D eigenvalue weighted by Crippen LogP contribution is 2.44. The van der Waals surface area contributed by atoms with Crippen LogP contribution in [0.3, 0.4) is 0 Å². The fraction of sp³-hybridized carbons (Fsp3) is 0.917. The van der Waals surface area contributed by atoms with Crippen LogP contribution in [0.2, 0.25) is 0 Å². The molecule has 0 radical (unpaired) electrons. The Labute approximate surface area is 103 Å². The zero-order valence-corrected chi connectivity index (χ0v) is 11.0. The summed E-state index contributed by atoms with van der Waals surface area (Å²) in [5.41, 5.74) is 5.37. The maximum atomic E-state index is 12.1. The summed E-state index contributed by atoms with van der Waals surface area (Å²) in [5, 5.41) is 2.91. The SMILES string of the molecule is COCC(CNC(=O)C1(CN)CC(C)C1)OC. The molecule has 5 nitrogen and oxygen atoms in total. The van der Waals surface area contributed by atoms with Crippen LogP contribution in [0.4, 0.5) is 0 Å². The van der Waals surface area contributed by atoms with Crippen LogP contribution in [0, 0.1) is 11.3 Å². The number of nitrogens with two attached hydrogens (primary N) is 1. The van der Waals surface area contributed by atoms with Gasteiger partial charge in [-0.05, 0) is 18.8 Å². The van der Waals surface area contributed by atoms with Crippen molar-refractivity contribution in [3.63, 3.8) is 0 Å². The summed E-state index contributed by atoms with van der Waals surface area (Å²) in [6, 6.07) is 0. The Kier molecular flexibility index (Phi) is 5.36. The van der Waals surface area contributed by atoms with Crippen molar-refractivity contribution in [3.05, 3.63) is 0 Å². The van der Waals surface area contributed by atoms with Gasteiger partial charge >= 0.3 is 0 Å². The van der Waals surface area contributed by atoms with E-state index in [2.05, 4.69) is 12.2 Å². The first-order chi connectivity index (χ1) is 8.07. The zero-order valence-electron chi connectivity index (χ0n) is 11.0. The lowest BCUT2D eigenvalue weighted by atomic mass is 9.62. The average Bonchev–Trinajstić information content (AvgIpc) is 2.29. The van der Waals surface area contributed by atoms with E-state index in [1.165, 1.54) is 0 Å². The van der Waals surface area contributed by atoms with Crippen molar-refractivity contribution in [2.75, 3.05) is 33.9 Å². The van der Waals surface area contributed by atoms with Crippen molar-refractivity contribution >= 4 is 5.91 Å². The summed E-state index contributed by atoms with van der Waals surface area (Å²) < 4.78 is 10.2. The maximum Gasteiger partial charge on any atom is 0.227 e. The van der Waals surface area contributed by atoms with E-state index in [1.54, 1.807) is 14.2 Å². The van der Waals surface area contributed by atoms with Crippen molar-refractivity contribution in [1.82, 2.24) is 5.32 Å². The molecule has 100 valence electrons. The molecule has 0 saturated heterocycles. The third kappa shape index (κ3) is 3.40. The number of hydrogen-bond donors (Lipinski definition) is 2. The predicted octanol–water partition coefficient (Wildman–Crippen LogP) is 0.139. The topological polar surface area (TPSA) is 73.6 Å². The molecule has 1 atom stereocenters. The van der Waals surface area contributed by atoms with Gasteiger partial charge in [0.05, 0.1) is 18.1 Å². The van der Waals surface area contributed by atoms with Crippen LogP contribution in [-0.2, 0) is 14.3 Å². The van der Waals surface area contributed by atoms with Gasteiger partial charge in [0.2, 0.25) is 5.91 Å². The van der Waals surface area contributed by atoms with Crippen LogP contribution in [-0.4, -0.2) is 45.9 Å². The highest BCUT2D eigenvalue weighted by molar-refractivity contribution is 5.83. The van der Waals surface area contributed by atoms with E-state index in [0.717, 1.165) is 12.8 Å². The largest absolute Gasteiger partial charge is 0.382 e. The number of amides is 1. The molecule has 0 heterocycles. The summed E-state index contributed by atoms with van der Waals surface area (Å²) in [6.07, 6.45) is 1.67. The van der Waals surface area contributed by atoms with E-state index in [1.807, 2.05) is 0 Å². The Morgan fingerprint density at radius 1 is 1.53 bits per heavy atom. The fourth-order valence-corrected chi connectivity index (χ4v) is 2.51. The van der Waals surface area contributed by atoms with Crippen LogP contribution in [0.25, 0.3) is 0 Å². The molecule has 0 aromatic carbocycles. The summed E-state index contributed by atoms with van der Waals surface area (Å²) in [6.45, 7) is 3.51. The fourth-order valence-electron chi connectivity index (χ4n) is 2.51. The highest BCUT2D eigenvalue weighted by atomic mass is 16.5. The van der Waals surface area contributed by atoms with E-state index < -0.39 is 0 Å². The molecule has 1 fully saturated rings. The molecule has 17 heavy (non-hydrogen) atoms.